The van der Waals surface area contributed by atoms with Crippen LogP contribution < -0.4 is 15.8 Å². The van der Waals surface area contributed by atoms with E-state index < -0.39 is 21.8 Å². The average Bonchev–Trinajstić information content (AvgIpc) is 2.78. The molecule has 0 atom stereocenters. The van der Waals surface area contributed by atoms with Crippen LogP contribution in [0.25, 0.3) is 0 Å². The smallest absolute Gasteiger partial charge is 0.256 e. The molecule has 0 spiro atoms. The van der Waals surface area contributed by atoms with Crippen LogP contribution in [0.2, 0.25) is 0 Å². The van der Waals surface area contributed by atoms with E-state index in [1.54, 1.807) is 37.3 Å². The molecule has 0 aliphatic heterocycles. The highest BCUT2D eigenvalue weighted by Crippen LogP contribution is 2.27. The molecule has 3 aromatic rings. The SMILES string of the molecule is Cc1ccc(S(=O)(=O)NCc2ccccc2)cc1C(=O)Nc1ccccc1SCC(N)=O. The number of anilines is 1. The highest BCUT2D eigenvalue weighted by molar-refractivity contribution is 8.00. The van der Waals surface area contributed by atoms with Gasteiger partial charge in [0.15, 0.2) is 0 Å². The van der Waals surface area contributed by atoms with E-state index >= 15 is 0 Å². The van der Waals surface area contributed by atoms with Crippen molar-refractivity contribution in [3.63, 3.8) is 0 Å². The summed E-state index contributed by atoms with van der Waals surface area (Å²) in [6.07, 6.45) is 0. The topological polar surface area (TPSA) is 118 Å². The van der Waals surface area contributed by atoms with E-state index in [9.17, 15) is 18.0 Å². The van der Waals surface area contributed by atoms with Gasteiger partial charge in [0.05, 0.1) is 16.3 Å². The fourth-order valence-corrected chi connectivity index (χ4v) is 4.70. The van der Waals surface area contributed by atoms with Crippen LogP contribution in [0.5, 0.6) is 0 Å². The molecule has 3 aromatic carbocycles. The maximum atomic E-state index is 13.0. The lowest BCUT2D eigenvalue weighted by molar-refractivity contribution is -0.115. The molecule has 0 radical (unpaired) electrons. The monoisotopic (exact) mass is 469 g/mol. The van der Waals surface area contributed by atoms with Gasteiger partial charge in [0.1, 0.15) is 0 Å². The molecule has 32 heavy (non-hydrogen) atoms. The predicted octanol–water partition coefficient (Wildman–Crippen LogP) is 3.30. The zero-order valence-electron chi connectivity index (χ0n) is 17.4. The van der Waals surface area contributed by atoms with E-state index in [4.69, 9.17) is 5.73 Å². The van der Waals surface area contributed by atoms with Crippen molar-refractivity contribution in [2.75, 3.05) is 11.1 Å². The minimum absolute atomic E-state index is 0.000528. The Labute approximate surface area is 191 Å². The van der Waals surface area contributed by atoms with Gasteiger partial charge in [0.25, 0.3) is 5.91 Å². The van der Waals surface area contributed by atoms with E-state index in [2.05, 4.69) is 10.0 Å². The first-order chi connectivity index (χ1) is 15.3. The van der Waals surface area contributed by atoms with Crippen LogP contribution in [0.4, 0.5) is 5.69 Å². The van der Waals surface area contributed by atoms with E-state index in [0.29, 0.717) is 16.1 Å². The van der Waals surface area contributed by atoms with E-state index in [1.165, 1.54) is 23.9 Å². The Kier molecular flexibility index (Phi) is 7.68. The molecule has 0 bridgehead atoms. The number of benzene rings is 3. The number of carbonyl (C=O) groups excluding carboxylic acids is 2. The third-order valence-corrected chi connectivity index (χ3v) is 7.07. The average molecular weight is 470 g/mol. The number of carbonyl (C=O) groups is 2. The zero-order valence-corrected chi connectivity index (χ0v) is 19.0. The van der Waals surface area contributed by atoms with Gasteiger partial charge in [-0.25, -0.2) is 13.1 Å². The molecule has 7 nitrogen and oxygen atoms in total. The van der Waals surface area contributed by atoms with E-state index in [0.717, 1.165) is 5.56 Å². The summed E-state index contributed by atoms with van der Waals surface area (Å²) < 4.78 is 28.1. The van der Waals surface area contributed by atoms with Crippen LogP contribution >= 0.6 is 11.8 Å². The highest BCUT2D eigenvalue weighted by Gasteiger charge is 2.19. The molecule has 0 aliphatic rings. The molecular weight excluding hydrogens is 446 g/mol. The third kappa shape index (κ3) is 6.19. The van der Waals surface area contributed by atoms with Crippen LogP contribution in [0, 0.1) is 6.92 Å². The molecule has 9 heteroatoms. The predicted molar refractivity (Wildman–Crippen MR) is 126 cm³/mol. The van der Waals surface area contributed by atoms with Crippen LogP contribution in [0.3, 0.4) is 0 Å². The van der Waals surface area contributed by atoms with Gasteiger partial charge in [-0.3, -0.25) is 9.59 Å². The largest absolute Gasteiger partial charge is 0.369 e. The number of para-hydroxylation sites is 1. The van der Waals surface area contributed by atoms with Gasteiger partial charge in [-0.2, -0.15) is 0 Å². The number of rotatable bonds is 9. The van der Waals surface area contributed by atoms with E-state index in [1.807, 2.05) is 30.3 Å². The van der Waals surface area contributed by atoms with Crippen LogP contribution in [0.1, 0.15) is 21.5 Å². The second-order valence-corrected chi connectivity index (χ2v) is 9.78. The summed E-state index contributed by atoms with van der Waals surface area (Å²) in [6.45, 7) is 1.87. The summed E-state index contributed by atoms with van der Waals surface area (Å²) in [7, 11) is -3.82. The molecule has 0 fully saturated rings. The van der Waals surface area contributed by atoms with E-state index in [-0.39, 0.29) is 22.8 Å². The standard InChI is InChI=1S/C23H23N3O4S2/c1-16-11-12-18(32(29,30)25-14-17-7-3-2-4-8-17)13-19(16)23(28)26-20-9-5-6-10-21(20)31-15-22(24)27/h2-13,25H,14-15H2,1H3,(H2,24,27)(H,26,28). The van der Waals surface area contributed by atoms with Gasteiger partial charge in [-0.15, -0.1) is 11.8 Å². The Hall–Kier alpha value is -3.14. The van der Waals surface area contributed by atoms with Crippen LogP contribution in [0.15, 0.2) is 82.6 Å². The van der Waals surface area contributed by atoms with Crippen LogP contribution in [-0.4, -0.2) is 26.0 Å². The molecule has 2 amide bonds. The minimum atomic E-state index is -3.82. The number of nitrogens with one attached hydrogen (secondary N) is 2. The second-order valence-electron chi connectivity index (χ2n) is 6.99. The number of hydrogen-bond acceptors (Lipinski definition) is 5. The number of hydrogen-bond donors (Lipinski definition) is 3. The lowest BCUT2D eigenvalue weighted by atomic mass is 10.1. The Balaban J connectivity index is 1.80. The highest BCUT2D eigenvalue weighted by atomic mass is 32.2. The van der Waals surface area contributed by atoms with Crippen molar-refractivity contribution in [2.24, 2.45) is 5.73 Å². The molecule has 0 unspecified atom stereocenters. The van der Waals surface area contributed by atoms with Crippen molar-refractivity contribution in [3.05, 3.63) is 89.5 Å². The number of thioether (sulfide) groups is 1. The summed E-state index contributed by atoms with van der Waals surface area (Å²) in [5.41, 5.74) is 7.42. The first kappa shape index (κ1) is 23.5. The molecule has 4 N–H and O–H groups in total. The molecule has 0 saturated carbocycles. The van der Waals surface area contributed by atoms with Gasteiger partial charge in [-0.05, 0) is 42.3 Å². The van der Waals surface area contributed by atoms with Gasteiger partial charge >= 0.3 is 0 Å². The molecule has 0 aromatic heterocycles. The lowest BCUT2D eigenvalue weighted by Gasteiger charge is -2.13. The van der Waals surface area contributed by atoms with Crippen molar-refractivity contribution in [1.82, 2.24) is 4.72 Å². The quantitative estimate of drug-likeness (QED) is 0.416. The number of amides is 2. The lowest BCUT2D eigenvalue weighted by Crippen LogP contribution is -2.24. The van der Waals surface area contributed by atoms with Crippen molar-refractivity contribution >= 4 is 39.3 Å². The minimum Gasteiger partial charge on any atom is -0.369 e. The number of sulfonamides is 1. The first-order valence-electron chi connectivity index (χ1n) is 9.72. The van der Waals surface area contributed by atoms with Gasteiger partial charge < -0.3 is 11.1 Å². The van der Waals surface area contributed by atoms with Gasteiger partial charge in [-0.1, -0.05) is 48.5 Å². The number of nitrogens with two attached hydrogens (primary N) is 1. The zero-order chi connectivity index (χ0) is 23.1. The summed E-state index contributed by atoms with van der Waals surface area (Å²) in [6, 6.07) is 20.6. The third-order valence-electron chi connectivity index (χ3n) is 4.58. The maximum Gasteiger partial charge on any atom is 0.256 e. The normalized spacial score (nSPS) is 11.2. The van der Waals surface area contributed by atoms with Crippen molar-refractivity contribution in [1.29, 1.82) is 0 Å². The fourth-order valence-electron chi connectivity index (χ4n) is 2.90. The van der Waals surface area contributed by atoms with Gasteiger partial charge in [0.2, 0.25) is 15.9 Å². The summed E-state index contributed by atoms with van der Waals surface area (Å²) in [5.74, 6) is -0.838. The van der Waals surface area contributed by atoms with Crippen molar-refractivity contribution in [3.8, 4) is 0 Å². The van der Waals surface area contributed by atoms with Crippen LogP contribution in [-0.2, 0) is 21.4 Å². The van der Waals surface area contributed by atoms with Gasteiger partial charge in [0, 0.05) is 17.0 Å². The molecular formula is C23H23N3O4S2. The summed E-state index contributed by atoms with van der Waals surface area (Å²) in [5, 5.41) is 2.80. The second kappa shape index (κ2) is 10.4. The fraction of sp³-hybridized carbons (Fsp3) is 0.130. The molecule has 0 saturated heterocycles. The van der Waals surface area contributed by atoms with Crippen molar-refractivity contribution in [2.45, 2.75) is 23.3 Å². The van der Waals surface area contributed by atoms with Crippen molar-refractivity contribution < 1.29 is 18.0 Å². The maximum absolute atomic E-state index is 13.0. The molecule has 166 valence electrons. The first-order valence-corrected chi connectivity index (χ1v) is 12.2. The Bertz CT molecular complexity index is 1230. The summed E-state index contributed by atoms with van der Waals surface area (Å²) >= 11 is 1.21. The Morgan fingerprint density at radius 2 is 1.66 bits per heavy atom. The Morgan fingerprint density at radius 3 is 2.38 bits per heavy atom. The number of aryl methyl sites for hydroxylation is 1. The summed E-state index contributed by atoms with van der Waals surface area (Å²) in [4.78, 5) is 24.7. The molecule has 0 heterocycles. The molecule has 0 aliphatic carbocycles. The number of primary amides is 1. The molecule has 3 rings (SSSR count). The Morgan fingerprint density at radius 1 is 0.969 bits per heavy atom.